The Labute approximate surface area is 108 Å². The lowest BCUT2D eigenvalue weighted by Crippen LogP contribution is -2.42. The third-order valence-electron chi connectivity index (χ3n) is 4.35. The molecule has 0 saturated heterocycles. The van der Waals surface area contributed by atoms with E-state index in [1.807, 2.05) is 18.2 Å². The van der Waals surface area contributed by atoms with Crippen molar-refractivity contribution in [2.75, 3.05) is 7.11 Å². The van der Waals surface area contributed by atoms with Gasteiger partial charge in [0.05, 0.1) is 13.2 Å². The molecule has 1 aromatic carbocycles. The summed E-state index contributed by atoms with van der Waals surface area (Å²) in [4.78, 5) is 0. The van der Waals surface area contributed by atoms with Crippen molar-refractivity contribution in [2.45, 2.75) is 44.3 Å². The molecular formula is C15H20O3. The third-order valence-corrected chi connectivity index (χ3v) is 4.35. The first-order valence-electron chi connectivity index (χ1n) is 6.73. The van der Waals surface area contributed by atoms with Crippen LogP contribution in [0.5, 0.6) is 11.5 Å². The number of aliphatic hydroxyl groups is 1. The van der Waals surface area contributed by atoms with E-state index in [1.165, 1.54) is 12.8 Å². The maximum Gasteiger partial charge on any atom is 0.126 e. The van der Waals surface area contributed by atoms with Crippen LogP contribution in [0.4, 0.5) is 0 Å². The van der Waals surface area contributed by atoms with Crippen LogP contribution >= 0.6 is 0 Å². The molecule has 2 atom stereocenters. The standard InChI is InChI=1S/C15H20O3/c1-3-15(10-4-5-10)9-13(16)12-8-11(17-2)6-7-14(12)18-15/h6-8,10,13,16H,3-5,9H2,1-2H3/t13-,15?/m1/s1. The van der Waals surface area contributed by atoms with E-state index in [-0.39, 0.29) is 5.60 Å². The van der Waals surface area contributed by atoms with Crippen LogP contribution in [0.3, 0.4) is 0 Å². The maximum atomic E-state index is 10.4. The predicted molar refractivity (Wildman–Crippen MR) is 68.9 cm³/mol. The number of benzene rings is 1. The summed E-state index contributed by atoms with van der Waals surface area (Å²) in [6.07, 6.45) is 3.68. The van der Waals surface area contributed by atoms with Crippen LogP contribution < -0.4 is 9.47 Å². The highest BCUT2D eigenvalue weighted by molar-refractivity contribution is 5.44. The smallest absolute Gasteiger partial charge is 0.126 e. The average molecular weight is 248 g/mol. The molecule has 0 aromatic heterocycles. The molecule has 1 saturated carbocycles. The van der Waals surface area contributed by atoms with Crippen molar-refractivity contribution in [3.05, 3.63) is 23.8 Å². The summed E-state index contributed by atoms with van der Waals surface area (Å²) >= 11 is 0. The first-order valence-corrected chi connectivity index (χ1v) is 6.73. The molecule has 2 aliphatic rings. The van der Waals surface area contributed by atoms with Crippen LogP contribution in [0.15, 0.2) is 18.2 Å². The van der Waals surface area contributed by atoms with Crippen molar-refractivity contribution >= 4 is 0 Å². The lowest BCUT2D eigenvalue weighted by Gasteiger charge is -2.41. The number of methoxy groups -OCH3 is 1. The molecular weight excluding hydrogens is 228 g/mol. The molecule has 3 rings (SSSR count). The summed E-state index contributed by atoms with van der Waals surface area (Å²) < 4.78 is 11.4. The number of hydrogen-bond acceptors (Lipinski definition) is 3. The molecule has 98 valence electrons. The summed E-state index contributed by atoms with van der Waals surface area (Å²) in [5, 5.41) is 10.4. The molecule has 1 unspecified atom stereocenters. The summed E-state index contributed by atoms with van der Waals surface area (Å²) in [5.74, 6) is 2.21. The second-order valence-corrected chi connectivity index (χ2v) is 5.42. The zero-order chi connectivity index (χ0) is 12.8. The molecule has 1 heterocycles. The van der Waals surface area contributed by atoms with Crippen molar-refractivity contribution in [1.82, 2.24) is 0 Å². The van der Waals surface area contributed by atoms with Gasteiger partial charge in [-0.1, -0.05) is 6.92 Å². The van der Waals surface area contributed by atoms with Gasteiger partial charge in [-0.3, -0.25) is 0 Å². The molecule has 1 aromatic rings. The van der Waals surface area contributed by atoms with Gasteiger partial charge in [0.25, 0.3) is 0 Å². The SMILES string of the molecule is CCC1(C2CC2)C[C@@H](O)c2cc(OC)ccc2O1. The van der Waals surface area contributed by atoms with Gasteiger partial charge in [0.1, 0.15) is 17.1 Å². The van der Waals surface area contributed by atoms with E-state index >= 15 is 0 Å². The van der Waals surface area contributed by atoms with E-state index in [2.05, 4.69) is 6.92 Å². The molecule has 1 fully saturated rings. The van der Waals surface area contributed by atoms with E-state index in [4.69, 9.17) is 9.47 Å². The van der Waals surface area contributed by atoms with Gasteiger partial charge in [-0.05, 0) is 43.4 Å². The minimum absolute atomic E-state index is 0.152. The number of rotatable bonds is 3. The fraction of sp³-hybridized carbons (Fsp3) is 0.600. The molecule has 1 aliphatic heterocycles. The molecule has 0 bridgehead atoms. The van der Waals surface area contributed by atoms with Crippen LogP contribution in [0.1, 0.15) is 44.3 Å². The van der Waals surface area contributed by atoms with Gasteiger partial charge < -0.3 is 14.6 Å². The topological polar surface area (TPSA) is 38.7 Å². The zero-order valence-electron chi connectivity index (χ0n) is 11.0. The van der Waals surface area contributed by atoms with E-state index in [1.54, 1.807) is 7.11 Å². The van der Waals surface area contributed by atoms with Crippen LogP contribution in [0.25, 0.3) is 0 Å². The van der Waals surface area contributed by atoms with Crippen molar-refractivity contribution in [3.8, 4) is 11.5 Å². The van der Waals surface area contributed by atoms with Gasteiger partial charge in [0, 0.05) is 12.0 Å². The van der Waals surface area contributed by atoms with E-state index in [9.17, 15) is 5.11 Å². The second kappa shape index (κ2) is 4.16. The van der Waals surface area contributed by atoms with Crippen molar-refractivity contribution in [2.24, 2.45) is 5.92 Å². The Hall–Kier alpha value is -1.22. The van der Waals surface area contributed by atoms with E-state index in [0.717, 1.165) is 23.5 Å². The number of hydrogen-bond donors (Lipinski definition) is 1. The Bertz CT molecular complexity index is 453. The summed E-state index contributed by atoms with van der Waals surface area (Å²) in [5.41, 5.74) is 0.708. The van der Waals surface area contributed by atoms with Gasteiger partial charge in [0.15, 0.2) is 0 Å². The largest absolute Gasteiger partial charge is 0.497 e. The van der Waals surface area contributed by atoms with Crippen LogP contribution in [-0.4, -0.2) is 17.8 Å². The first kappa shape index (κ1) is 11.8. The fourth-order valence-electron chi connectivity index (χ4n) is 3.07. The van der Waals surface area contributed by atoms with Crippen LogP contribution in [0.2, 0.25) is 0 Å². The minimum atomic E-state index is -0.440. The Kier molecular flexibility index (Phi) is 2.74. The highest BCUT2D eigenvalue weighted by Gasteiger charge is 2.50. The predicted octanol–water partition coefficient (Wildman–Crippen LogP) is 3.07. The minimum Gasteiger partial charge on any atom is -0.497 e. The summed E-state index contributed by atoms with van der Waals surface area (Å²) in [7, 11) is 1.64. The molecule has 0 spiro atoms. The third kappa shape index (κ3) is 1.77. The van der Waals surface area contributed by atoms with Crippen molar-refractivity contribution < 1.29 is 14.6 Å². The van der Waals surface area contributed by atoms with Crippen molar-refractivity contribution in [3.63, 3.8) is 0 Å². The fourth-order valence-corrected chi connectivity index (χ4v) is 3.07. The number of ether oxygens (including phenoxy) is 2. The average Bonchev–Trinajstić information content (AvgIpc) is 3.23. The molecule has 1 N–H and O–H groups in total. The van der Waals surface area contributed by atoms with Crippen LogP contribution in [0, 0.1) is 5.92 Å². The first-order chi connectivity index (χ1) is 8.68. The second-order valence-electron chi connectivity index (χ2n) is 5.42. The quantitative estimate of drug-likeness (QED) is 0.893. The summed E-state index contributed by atoms with van der Waals surface area (Å²) in [6, 6.07) is 5.69. The molecule has 3 nitrogen and oxygen atoms in total. The summed E-state index contributed by atoms with van der Waals surface area (Å²) in [6.45, 7) is 2.15. The molecule has 3 heteroatoms. The normalized spacial score (nSPS) is 30.5. The van der Waals surface area contributed by atoms with E-state index < -0.39 is 6.10 Å². The van der Waals surface area contributed by atoms with Gasteiger partial charge in [-0.2, -0.15) is 0 Å². The van der Waals surface area contributed by atoms with Gasteiger partial charge in [-0.15, -0.1) is 0 Å². The Morgan fingerprint density at radius 2 is 2.22 bits per heavy atom. The highest BCUT2D eigenvalue weighted by atomic mass is 16.5. The van der Waals surface area contributed by atoms with Gasteiger partial charge in [0.2, 0.25) is 0 Å². The lowest BCUT2D eigenvalue weighted by atomic mass is 9.83. The highest BCUT2D eigenvalue weighted by Crippen LogP contribution is 2.52. The monoisotopic (exact) mass is 248 g/mol. The molecule has 0 amide bonds. The zero-order valence-corrected chi connectivity index (χ0v) is 11.0. The maximum absolute atomic E-state index is 10.4. The Morgan fingerprint density at radius 3 is 2.83 bits per heavy atom. The Balaban J connectivity index is 1.96. The van der Waals surface area contributed by atoms with Crippen LogP contribution in [-0.2, 0) is 0 Å². The van der Waals surface area contributed by atoms with Crippen molar-refractivity contribution in [1.29, 1.82) is 0 Å². The number of aliphatic hydroxyl groups excluding tert-OH is 1. The molecule has 18 heavy (non-hydrogen) atoms. The molecule has 1 aliphatic carbocycles. The Morgan fingerprint density at radius 1 is 1.44 bits per heavy atom. The van der Waals surface area contributed by atoms with E-state index in [0.29, 0.717) is 12.3 Å². The van der Waals surface area contributed by atoms with Gasteiger partial charge in [-0.25, -0.2) is 0 Å². The lowest BCUT2D eigenvalue weighted by molar-refractivity contribution is -0.0328. The van der Waals surface area contributed by atoms with Gasteiger partial charge >= 0.3 is 0 Å². The number of fused-ring (bicyclic) bond motifs is 1. The molecule has 0 radical (unpaired) electrons.